The van der Waals surface area contributed by atoms with Gasteiger partial charge in [0.25, 0.3) is 0 Å². The molecule has 0 heterocycles. The van der Waals surface area contributed by atoms with Crippen molar-refractivity contribution in [3.8, 4) is 0 Å². The van der Waals surface area contributed by atoms with Gasteiger partial charge in [0.15, 0.2) is 0 Å². The van der Waals surface area contributed by atoms with E-state index in [0.717, 1.165) is 12.1 Å². The summed E-state index contributed by atoms with van der Waals surface area (Å²) in [5.74, 6) is -1.80. The molecule has 0 radical (unpaired) electrons. The third-order valence-corrected chi connectivity index (χ3v) is 3.80. The normalized spacial score (nSPS) is 22.2. The Morgan fingerprint density at radius 3 is 2.42 bits per heavy atom. The number of hydrogen-bond acceptors (Lipinski definition) is 2. The molecule has 2 rings (SSSR count). The van der Waals surface area contributed by atoms with Gasteiger partial charge in [-0.1, -0.05) is 24.6 Å². The molecule has 0 spiro atoms. The van der Waals surface area contributed by atoms with E-state index in [0.29, 0.717) is 19.4 Å². The minimum Gasteiger partial charge on any atom is -0.481 e. The topological polar surface area (TPSA) is 57.6 Å². The highest BCUT2D eigenvalue weighted by atomic mass is 16.4. The molecule has 102 valence electrons. The van der Waals surface area contributed by atoms with Crippen LogP contribution in [0.25, 0.3) is 0 Å². The van der Waals surface area contributed by atoms with E-state index in [1.165, 1.54) is 0 Å². The molecule has 0 aromatic heterocycles. The molecular weight excluding hydrogens is 242 g/mol. The van der Waals surface area contributed by atoms with Gasteiger partial charge in [-0.25, -0.2) is 0 Å². The van der Waals surface area contributed by atoms with Gasteiger partial charge < -0.3 is 10.0 Å². The molecule has 1 aliphatic carbocycles. The van der Waals surface area contributed by atoms with Gasteiger partial charge >= 0.3 is 5.97 Å². The Hall–Kier alpha value is -1.84. The van der Waals surface area contributed by atoms with Gasteiger partial charge in [0, 0.05) is 12.2 Å². The predicted molar refractivity (Wildman–Crippen MR) is 72.9 cm³/mol. The molecular formula is C15H19NO3. The lowest BCUT2D eigenvalue weighted by molar-refractivity contribution is -0.145. The van der Waals surface area contributed by atoms with Crippen LogP contribution in [0.15, 0.2) is 30.3 Å². The first-order valence-corrected chi connectivity index (χ1v) is 6.74. The second-order valence-corrected chi connectivity index (χ2v) is 4.90. The van der Waals surface area contributed by atoms with Crippen molar-refractivity contribution < 1.29 is 14.7 Å². The number of carbonyl (C=O) groups is 2. The summed E-state index contributed by atoms with van der Waals surface area (Å²) in [7, 11) is 0. The number of carbonyl (C=O) groups excluding carboxylic acids is 1. The molecule has 0 saturated heterocycles. The number of hydrogen-bond donors (Lipinski definition) is 1. The van der Waals surface area contributed by atoms with E-state index in [1.54, 1.807) is 4.90 Å². The number of amides is 1. The first kappa shape index (κ1) is 13.6. The maximum Gasteiger partial charge on any atom is 0.307 e. The predicted octanol–water partition coefficient (Wildman–Crippen LogP) is 2.54. The molecule has 0 bridgehead atoms. The largest absolute Gasteiger partial charge is 0.481 e. The summed E-state index contributed by atoms with van der Waals surface area (Å²) in [5, 5.41) is 9.19. The molecule has 1 N–H and O–H groups in total. The Labute approximate surface area is 113 Å². The van der Waals surface area contributed by atoms with Crippen molar-refractivity contribution in [3.05, 3.63) is 30.3 Å². The van der Waals surface area contributed by atoms with E-state index < -0.39 is 11.9 Å². The van der Waals surface area contributed by atoms with Crippen LogP contribution in [-0.2, 0) is 9.59 Å². The van der Waals surface area contributed by atoms with Crippen molar-refractivity contribution in [1.82, 2.24) is 0 Å². The zero-order chi connectivity index (χ0) is 13.8. The van der Waals surface area contributed by atoms with Crippen LogP contribution in [0.1, 0.15) is 26.2 Å². The Balaban J connectivity index is 2.19. The number of rotatable bonds is 4. The van der Waals surface area contributed by atoms with Gasteiger partial charge in [0.2, 0.25) is 5.91 Å². The number of anilines is 1. The Morgan fingerprint density at radius 1 is 1.21 bits per heavy atom. The summed E-state index contributed by atoms with van der Waals surface area (Å²) in [6, 6.07) is 9.43. The van der Waals surface area contributed by atoms with Crippen LogP contribution >= 0.6 is 0 Å². The van der Waals surface area contributed by atoms with Crippen LogP contribution in [0, 0.1) is 11.8 Å². The minimum absolute atomic E-state index is 0.0569. The highest BCUT2D eigenvalue weighted by Gasteiger charge is 2.39. The number of benzene rings is 1. The molecule has 4 heteroatoms. The molecule has 19 heavy (non-hydrogen) atoms. The van der Waals surface area contributed by atoms with Crippen LogP contribution in [0.3, 0.4) is 0 Å². The number of para-hydroxylation sites is 1. The van der Waals surface area contributed by atoms with Gasteiger partial charge in [-0.05, 0) is 31.9 Å². The number of nitrogens with zero attached hydrogens (tertiary/aromatic N) is 1. The van der Waals surface area contributed by atoms with Crippen molar-refractivity contribution in [2.75, 3.05) is 11.4 Å². The monoisotopic (exact) mass is 261 g/mol. The van der Waals surface area contributed by atoms with E-state index in [9.17, 15) is 14.7 Å². The summed E-state index contributed by atoms with van der Waals surface area (Å²) >= 11 is 0. The van der Waals surface area contributed by atoms with Gasteiger partial charge in [-0.15, -0.1) is 0 Å². The van der Waals surface area contributed by atoms with Crippen LogP contribution in [0.5, 0.6) is 0 Å². The summed E-state index contributed by atoms with van der Waals surface area (Å²) in [4.78, 5) is 25.4. The minimum atomic E-state index is -0.847. The molecule has 4 nitrogen and oxygen atoms in total. The Morgan fingerprint density at radius 2 is 1.84 bits per heavy atom. The highest BCUT2D eigenvalue weighted by Crippen LogP contribution is 2.34. The molecule has 0 unspecified atom stereocenters. The zero-order valence-corrected chi connectivity index (χ0v) is 11.1. The maximum atomic E-state index is 12.6. The number of carboxylic acids is 1. The summed E-state index contributed by atoms with van der Waals surface area (Å²) in [5.41, 5.74) is 0.839. The van der Waals surface area contributed by atoms with E-state index in [4.69, 9.17) is 0 Å². The summed E-state index contributed by atoms with van der Waals surface area (Å²) in [6.45, 7) is 2.47. The quantitative estimate of drug-likeness (QED) is 0.906. The molecule has 1 aliphatic rings. The van der Waals surface area contributed by atoms with Gasteiger partial charge in [0.05, 0.1) is 11.8 Å². The van der Waals surface area contributed by atoms with E-state index in [1.807, 2.05) is 37.3 Å². The van der Waals surface area contributed by atoms with Crippen LogP contribution < -0.4 is 4.90 Å². The molecule has 1 saturated carbocycles. The van der Waals surface area contributed by atoms with Gasteiger partial charge in [0.1, 0.15) is 0 Å². The second-order valence-electron chi connectivity index (χ2n) is 4.90. The smallest absolute Gasteiger partial charge is 0.307 e. The lowest BCUT2D eigenvalue weighted by Crippen LogP contribution is -2.39. The SMILES string of the molecule is CCN(C(=O)[C@@H]1CCC[C@@H]1C(=O)O)c1ccccc1. The molecule has 1 fully saturated rings. The molecule has 2 atom stereocenters. The van der Waals surface area contributed by atoms with Crippen molar-refractivity contribution in [3.63, 3.8) is 0 Å². The molecule has 1 aromatic carbocycles. The standard InChI is InChI=1S/C15H19NO3/c1-2-16(11-7-4-3-5-8-11)14(17)12-9-6-10-13(12)15(18)19/h3-5,7-8,12-13H,2,6,9-10H2,1H3,(H,18,19)/t12-,13+/m1/s1. The third kappa shape index (κ3) is 2.78. The lowest BCUT2D eigenvalue weighted by atomic mass is 9.94. The van der Waals surface area contributed by atoms with Crippen LogP contribution in [0.2, 0.25) is 0 Å². The third-order valence-electron chi connectivity index (χ3n) is 3.80. The molecule has 1 amide bonds. The number of carboxylic acid groups (broad SMARTS) is 1. The van der Waals surface area contributed by atoms with E-state index >= 15 is 0 Å². The fourth-order valence-corrected chi connectivity index (χ4v) is 2.82. The van der Waals surface area contributed by atoms with Crippen molar-refractivity contribution in [2.24, 2.45) is 11.8 Å². The summed E-state index contributed by atoms with van der Waals surface area (Å²) < 4.78 is 0. The number of aliphatic carboxylic acids is 1. The van der Waals surface area contributed by atoms with Crippen LogP contribution in [-0.4, -0.2) is 23.5 Å². The second kappa shape index (κ2) is 5.87. The van der Waals surface area contributed by atoms with E-state index in [-0.39, 0.29) is 11.8 Å². The van der Waals surface area contributed by atoms with Crippen molar-refractivity contribution in [1.29, 1.82) is 0 Å². The maximum absolute atomic E-state index is 12.6. The average molecular weight is 261 g/mol. The highest BCUT2D eigenvalue weighted by molar-refractivity contribution is 5.97. The van der Waals surface area contributed by atoms with Gasteiger partial charge in [-0.3, -0.25) is 9.59 Å². The van der Waals surface area contributed by atoms with E-state index in [2.05, 4.69) is 0 Å². The van der Waals surface area contributed by atoms with Crippen molar-refractivity contribution >= 4 is 17.6 Å². The van der Waals surface area contributed by atoms with Gasteiger partial charge in [-0.2, -0.15) is 0 Å². The molecule has 0 aliphatic heterocycles. The first-order valence-electron chi connectivity index (χ1n) is 6.74. The zero-order valence-electron chi connectivity index (χ0n) is 11.1. The Kier molecular flexibility index (Phi) is 4.20. The van der Waals surface area contributed by atoms with Crippen molar-refractivity contribution in [2.45, 2.75) is 26.2 Å². The Bertz CT molecular complexity index is 458. The summed E-state index contributed by atoms with van der Waals surface area (Å²) in [6.07, 6.45) is 2.11. The fourth-order valence-electron chi connectivity index (χ4n) is 2.82. The molecule has 1 aromatic rings. The average Bonchev–Trinajstić information content (AvgIpc) is 2.90. The van der Waals surface area contributed by atoms with Crippen LogP contribution in [0.4, 0.5) is 5.69 Å². The fraction of sp³-hybridized carbons (Fsp3) is 0.467. The lowest BCUT2D eigenvalue weighted by Gasteiger charge is -2.26. The first-order chi connectivity index (χ1) is 9.15.